The standard InChI is InChI=1S/C7H12O3/c1-2-8-3-4-10-7(1)5-9-6-7/h1-6H2. The fourth-order valence-electron chi connectivity index (χ4n) is 1.31. The Morgan fingerprint density at radius 3 is 2.50 bits per heavy atom. The van der Waals surface area contributed by atoms with Gasteiger partial charge in [0.2, 0.25) is 0 Å². The Morgan fingerprint density at radius 1 is 0.900 bits per heavy atom. The van der Waals surface area contributed by atoms with Crippen LogP contribution >= 0.6 is 0 Å². The lowest BCUT2D eigenvalue weighted by Crippen LogP contribution is -2.52. The highest BCUT2D eigenvalue weighted by atomic mass is 16.6. The number of rotatable bonds is 0. The molecule has 2 heterocycles. The van der Waals surface area contributed by atoms with Gasteiger partial charge in [0.05, 0.1) is 26.4 Å². The van der Waals surface area contributed by atoms with E-state index in [1.54, 1.807) is 0 Å². The van der Waals surface area contributed by atoms with Crippen LogP contribution in [0.1, 0.15) is 6.42 Å². The van der Waals surface area contributed by atoms with Gasteiger partial charge in [0.15, 0.2) is 0 Å². The summed E-state index contributed by atoms with van der Waals surface area (Å²) >= 11 is 0. The van der Waals surface area contributed by atoms with Crippen molar-refractivity contribution in [2.24, 2.45) is 0 Å². The molecular formula is C7H12O3. The second-order valence-electron chi connectivity index (χ2n) is 2.89. The average Bonchev–Trinajstić information content (AvgIpc) is 2.08. The van der Waals surface area contributed by atoms with Gasteiger partial charge >= 0.3 is 0 Å². The molecule has 0 aliphatic carbocycles. The minimum absolute atomic E-state index is 0.0382. The maximum Gasteiger partial charge on any atom is 0.117 e. The molecule has 2 aliphatic rings. The smallest absolute Gasteiger partial charge is 0.117 e. The van der Waals surface area contributed by atoms with Gasteiger partial charge in [-0.3, -0.25) is 0 Å². The molecule has 3 nitrogen and oxygen atoms in total. The Balaban J connectivity index is 1.92. The molecule has 2 aliphatic heterocycles. The molecule has 1 spiro atoms. The van der Waals surface area contributed by atoms with Crippen molar-refractivity contribution in [3.8, 4) is 0 Å². The Labute approximate surface area is 60.3 Å². The lowest BCUT2D eigenvalue weighted by Gasteiger charge is -2.39. The highest BCUT2D eigenvalue weighted by Gasteiger charge is 2.40. The van der Waals surface area contributed by atoms with E-state index >= 15 is 0 Å². The maximum absolute atomic E-state index is 5.58. The molecule has 2 fully saturated rings. The molecule has 0 bridgehead atoms. The summed E-state index contributed by atoms with van der Waals surface area (Å²) in [5, 5.41) is 0. The van der Waals surface area contributed by atoms with Crippen LogP contribution < -0.4 is 0 Å². The van der Waals surface area contributed by atoms with Crippen molar-refractivity contribution in [2.45, 2.75) is 12.0 Å². The maximum atomic E-state index is 5.58. The summed E-state index contributed by atoms with van der Waals surface area (Å²) in [5.41, 5.74) is 0.0382. The zero-order valence-electron chi connectivity index (χ0n) is 5.97. The van der Waals surface area contributed by atoms with Crippen LogP contribution in [0.2, 0.25) is 0 Å². The third-order valence-corrected chi connectivity index (χ3v) is 2.07. The van der Waals surface area contributed by atoms with E-state index in [9.17, 15) is 0 Å². The van der Waals surface area contributed by atoms with Crippen LogP contribution in [-0.4, -0.2) is 38.6 Å². The number of hydrogen-bond donors (Lipinski definition) is 0. The Bertz CT molecular complexity index is 110. The van der Waals surface area contributed by atoms with E-state index in [2.05, 4.69) is 0 Å². The van der Waals surface area contributed by atoms with Crippen LogP contribution in [0, 0.1) is 0 Å². The molecule has 0 amide bonds. The summed E-state index contributed by atoms with van der Waals surface area (Å²) in [6, 6.07) is 0. The number of hydrogen-bond acceptors (Lipinski definition) is 3. The Morgan fingerprint density at radius 2 is 1.80 bits per heavy atom. The molecule has 0 atom stereocenters. The first-order valence-corrected chi connectivity index (χ1v) is 3.71. The van der Waals surface area contributed by atoms with Gasteiger partial charge in [0, 0.05) is 13.0 Å². The largest absolute Gasteiger partial charge is 0.379 e. The van der Waals surface area contributed by atoms with Crippen molar-refractivity contribution in [2.75, 3.05) is 33.0 Å². The van der Waals surface area contributed by atoms with E-state index in [4.69, 9.17) is 14.2 Å². The van der Waals surface area contributed by atoms with Crippen molar-refractivity contribution < 1.29 is 14.2 Å². The van der Waals surface area contributed by atoms with E-state index in [-0.39, 0.29) is 5.60 Å². The van der Waals surface area contributed by atoms with E-state index in [1.807, 2.05) is 0 Å². The molecule has 2 rings (SSSR count). The van der Waals surface area contributed by atoms with Crippen molar-refractivity contribution in [3.63, 3.8) is 0 Å². The summed E-state index contributed by atoms with van der Waals surface area (Å²) < 4.78 is 15.9. The lowest BCUT2D eigenvalue weighted by molar-refractivity contribution is -0.205. The zero-order chi connectivity index (χ0) is 6.86. The van der Waals surface area contributed by atoms with Gasteiger partial charge in [-0.05, 0) is 0 Å². The van der Waals surface area contributed by atoms with Gasteiger partial charge in [-0.1, -0.05) is 0 Å². The first-order chi connectivity index (χ1) is 4.91. The van der Waals surface area contributed by atoms with Gasteiger partial charge in [-0.15, -0.1) is 0 Å². The zero-order valence-corrected chi connectivity index (χ0v) is 5.97. The fourth-order valence-corrected chi connectivity index (χ4v) is 1.31. The molecule has 58 valence electrons. The predicted octanol–water partition coefficient (Wildman–Crippen LogP) is 0.192. The Hall–Kier alpha value is -0.120. The number of ether oxygens (including phenoxy) is 3. The van der Waals surface area contributed by atoms with Gasteiger partial charge in [-0.2, -0.15) is 0 Å². The highest BCUT2D eigenvalue weighted by molar-refractivity contribution is 4.88. The molecule has 10 heavy (non-hydrogen) atoms. The molecule has 2 saturated heterocycles. The molecule has 0 N–H and O–H groups in total. The summed E-state index contributed by atoms with van der Waals surface area (Å²) in [6.07, 6.45) is 0.993. The summed E-state index contributed by atoms with van der Waals surface area (Å²) in [6.45, 7) is 3.81. The third-order valence-electron chi connectivity index (χ3n) is 2.07. The molecule has 0 aromatic heterocycles. The molecule has 0 unspecified atom stereocenters. The highest BCUT2D eigenvalue weighted by Crippen LogP contribution is 2.26. The minimum atomic E-state index is 0.0382. The monoisotopic (exact) mass is 144 g/mol. The topological polar surface area (TPSA) is 27.7 Å². The molecular weight excluding hydrogens is 132 g/mol. The molecule has 3 heteroatoms. The van der Waals surface area contributed by atoms with E-state index in [0.717, 1.165) is 39.5 Å². The average molecular weight is 144 g/mol. The summed E-state index contributed by atoms with van der Waals surface area (Å²) in [7, 11) is 0. The summed E-state index contributed by atoms with van der Waals surface area (Å²) in [4.78, 5) is 0. The van der Waals surface area contributed by atoms with Crippen LogP contribution in [0.4, 0.5) is 0 Å². The van der Waals surface area contributed by atoms with Crippen LogP contribution in [0.15, 0.2) is 0 Å². The van der Waals surface area contributed by atoms with Crippen molar-refractivity contribution in [1.29, 1.82) is 0 Å². The van der Waals surface area contributed by atoms with Crippen LogP contribution in [0.25, 0.3) is 0 Å². The normalized spacial score (nSPS) is 31.2. The van der Waals surface area contributed by atoms with Crippen LogP contribution in [0.5, 0.6) is 0 Å². The molecule has 0 aromatic carbocycles. The van der Waals surface area contributed by atoms with Crippen molar-refractivity contribution >= 4 is 0 Å². The summed E-state index contributed by atoms with van der Waals surface area (Å²) in [5.74, 6) is 0. The Kier molecular flexibility index (Phi) is 1.64. The molecule has 0 aromatic rings. The van der Waals surface area contributed by atoms with E-state index in [1.165, 1.54) is 0 Å². The second-order valence-corrected chi connectivity index (χ2v) is 2.89. The van der Waals surface area contributed by atoms with E-state index in [0.29, 0.717) is 0 Å². The van der Waals surface area contributed by atoms with Gasteiger partial charge < -0.3 is 14.2 Å². The van der Waals surface area contributed by atoms with Gasteiger partial charge in [0.25, 0.3) is 0 Å². The minimum Gasteiger partial charge on any atom is -0.379 e. The second kappa shape index (κ2) is 2.49. The van der Waals surface area contributed by atoms with Crippen molar-refractivity contribution in [3.05, 3.63) is 0 Å². The molecule has 0 saturated carbocycles. The van der Waals surface area contributed by atoms with Crippen LogP contribution in [-0.2, 0) is 14.2 Å². The van der Waals surface area contributed by atoms with Gasteiger partial charge in [0.1, 0.15) is 5.60 Å². The molecule has 0 radical (unpaired) electrons. The van der Waals surface area contributed by atoms with E-state index < -0.39 is 0 Å². The first-order valence-electron chi connectivity index (χ1n) is 3.71. The SMILES string of the molecule is C1COC2(CCO1)COC2. The van der Waals surface area contributed by atoms with Gasteiger partial charge in [-0.25, -0.2) is 0 Å². The quantitative estimate of drug-likeness (QED) is 0.486. The fraction of sp³-hybridized carbons (Fsp3) is 1.00. The first kappa shape index (κ1) is 6.58. The third kappa shape index (κ3) is 1.05. The predicted molar refractivity (Wildman–Crippen MR) is 34.9 cm³/mol. The van der Waals surface area contributed by atoms with Crippen LogP contribution in [0.3, 0.4) is 0 Å². The van der Waals surface area contributed by atoms with Crippen molar-refractivity contribution in [1.82, 2.24) is 0 Å². The lowest BCUT2D eigenvalue weighted by atomic mass is 9.98.